The van der Waals surface area contributed by atoms with Crippen LogP contribution in [0, 0.1) is 5.92 Å². The molecule has 0 nitrogen and oxygen atoms in total. The van der Waals surface area contributed by atoms with Gasteiger partial charge in [0.25, 0.3) is 0 Å². The highest BCUT2D eigenvalue weighted by molar-refractivity contribution is 7.98. The molecular weight excluding hydrogens is 236 g/mol. The maximum Gasteiger partial charge on any atom is 0.0231 e. The highest BCUT2D eigenvalue weighted by atomic mass is 32.2. The molecule has 0 aromatic heterocycles. The SMILES string of the molecule is CC(C)Cc1ccc(SCc2ccccc2)cc1. The van der Waals surface area contributed by atoms with Crippen molar-refractivity contribution in [3.63, 3.8) is 0 Å². The molecular formula is C17H20S. The molecule has 0 saturated carbocycles. The van der Waals surface area contributed by atoms with Crippen LogP contribution in [0.2, 0.25) is 0 Å². The van der Waals surface area contributed by atoms with Crippen molar-refractivity contribution in [3.05, 3.63) is 65.7 Å². The molecule has 0 saturated heterocycles. The topological polar surface area (TPSA) is 0 Å². The summed E-state index contributed by atoms with van der Waals surface area (Å²) < 4.78 is 0. The van der Waals surface area contributed by atoms with E-state index < -0.39 is 0 Å². The number of benzene rings is 2. The molecule has 2 rings (SSSR count). The van der Waals surface area contributed by atoms with Gasteiger partial charge in [0.05, 0.1) is 0 Å². The summed E-state index contributed by atoms with van der Waals surface area (Å²) in [6, 6.07) is 19.6. The third kappa shape index (κ3) is 4.23. The number of thioether (sulfide) groups is 1. The summed E-state index contributed by atoms with van der Waals surface area (Å²) in [5, 5.41) is 0. The highest BCUT2D eigenvalue weighted by Gasteiger charge is 1.99. The Balaban J connectivity index is 1.90. The van der Waals surface area contributed by atoms with Gasteiger partial charge in [0.15, 0.2) is 0 Å². The summed E-state index contributed by atoms with van der Waals surface area (Å²) in [5.74, 6) is 1.78. The first kappa shape index (κ1) is 13.2. The van der Waals surface area contributed by atoms with Crippen LogP contribution >= 0.6 is 11.8 Å². The molecule has 0 spiro atoms. The van der Waals surface area contributed by atoms with Gasteiger partial charge in [0.2, 0.25) is 0 Å². The van der Waals surface area contributed by atoms with E-state index in [1.54, 1.807) is 0 Å². The van der Waals surface area contributed by atoms with Crippen LogP contribution in [0.4, 0.5) is 0 Å². The fraction of sp³-hybridized carbons (Fsp3) is 0.294. The van der Waals surface area contributed by atoms with E-state index >= 15 is 0 Å². The first-order chi connectivity index (χ1) is 8.74. The quantitative estimate of drug-likeness (QED) is 0.664. The summed E-state index contributed by atoms with van der Waals surface area (Å²) in [6.07, 6.45) is 1.17. The average Bonchev–Trinajstić information content (AvgIpc) is 2.38. The minimum atomic E-state index is 0.729. The largest absolute Gasteiger partial charge is 0.121 e. The van der Waals surface area contributed by atoms with E-state index in [2.05, 4.69) is 68.4 Å². The van der Waals surface area contributed by atoms with E-state index in [0.717, 1.165) is 11.7 Å². The highest BCUT2D eigenvalue weighted by Crippen LogP contribution is 2.23. The van der Waals surface area contributed by atoms with Crippen molar-refractivity contribution in [2.75, 3.05) is 0 Å². The third-order valence-electron chi connectivity index (χ3n) is 2.82. The summed E-state index contributed by atoms with van der Waals surface area (Å²) in [5.41, 5.74) is 2.82. The number of hydrogen-bond donors (Lipinski definition) is 0. The lowest BCUT2D eigenvalue weighted by Crippen LogP contribution is -1.93. The second kappa shape index (κ2) is 6.65. The van der Waals surface area contributed by atoms with Crippen molar-refractivity contribution in [2.45, 2.75) is 30.9 Å². The van der Waals surface area contributed by atoms with Gasteiger partial charge in [0.1, 0.15) is 0 Å². The van der Waals surface area contributed by atoms with E-state index in [0.29, 0.717) is 0 Å². The number of rotatable bonds is 5. The summed E-state index contributed by atoms with van der Waals surface area (Å²) in [7, 11) is 0. The van der Waals surface area contributed by atoms with E-state index in [-0.39, 0.29) is 0 Å². The molecule has 0 aliphatic carbocycles. The van der Waals surface area contributed by atoms with Gasteiger partial charge in [-0.1, -0.05) is 56.3 Å². The van der Waals surface area contributed by atoms with E-state index in [1.165, 1.54) is 22.4 Å². The normalized spacial score (nSPS) is 10.8. The zero-order valence-corrected chi connectivity index (χ0v) is 11.9. The number of hydrogen-bond acceptors (Lipinski definition) is 1. The molecule has 0 fully saturated rings. The van der Waals surface area contributed by atoms with Gasteiger partial charge < -0.3 is 0 Å². The standard InChI is InChI=1S/C17H20S/c1-14(2)12-15-8-10-17(11-9-15)18-13-16-6-4-3-5-7-16/h3-11,14H,12-13H2,1-2H3. The van der Waals surface area contributed by atoms with Gasteiger partial charge in [-0.05, 0) is 35.6 Å². The van der Waals surface area contributed by atoms with Gasteiger partial charge >= 0.3 is 0 Å². The Morgan fingerprint density at radius 1 is 0.833 bits per heavy atom. The molecule has 0 aliphatic rings. The van der Waals surface area contributed by atoms with E-state index in [9.17, 15) is 0 Å². The molecule has 94 valence electrons. The minimum absolute atomic E-state index is 0.729. The summed E-state index contributed by atoms with van der Waals surface area (Å²) in [4.78, 5) is 1.35. The van der Waals surface area contributed by atoms with Crippen LogP contribution in [0.15, 0.2) is 59.5 Å². The second-order valence-corrected chi connectivity index (χ2v) is 6.06. The Labute approximate surface area is 114 Å². The third-order valence-corrected chi connectivity index (χ3v) is 3.90. The van der Waals surface area contributed by atoms with Crippen LogP contribution in [0.1, 0.15) is 25.0 Å². The van der Waals surface area contributed by atoms with E-state index in [4.69, 9.17) is 0 Å². The second-order valence-electron chi connectivity index (χ2n) is 5.02. The van der Waals surface area contributed by atoms with Crippen molar-refractivity contribution in [1.82, 2.24) is 0 Å². The molecule has 0 unspecified atom stereocenters. The Morgan fingerprint density at radius 2 is 1.50 bits per heavy atom. The molecule has 0 amide bonds. The van der Waals surface area contributed by atoms with Crippen LogP contribution in [0.25, 0.3) is 0 Å². The zero-order valence-electron chi connectivity index (χ0n) is 11.1. The van der Waals surface area contributed by atoms with Gasteiger partial charge in [-0.15, -0.1) is 11.8 Å². The fourth-order valence-corrected chi connectivity index (χ4v) is 2.79. The van der Waals surface area contributed by atoms with Crippen molar-refractivity contribution in [1.29, 1.82) is 0 Å². The molecule has 0 atom stereocenters. The Bertz CT molecular complexity index is 457. The van der Waals surface area contributed by atoms with Crippen LogP contribution in [-0.4, -0.2) is 0 Å². The van der Waals surface area contributed by atoms with Crippen LogP contribution in [0.3, 0.4) is 0 Å². The van der Waals surface area contributed by atoms with Crippen LogP contribution in [-0.2, 0) is 12.2 Å². The van der Waals surface area contributed by atoms with Gasteiger partial charge in [-0.3, -0.25) is 0 Å². The minimum Gasteiger partial charge on any atom is -0.121 e. The molecule has 2 aromatic carbocycles. The molecule has 0 bridgehead atoms. The predicted octanol–water partition coefficient (Wildman–Crippen LogP) is 5.18. The van der Waals surface area contributed by atoms with Crippen molar-refractivity contribution >= 4 is 11.8 Å². The Hall–Kier alpha value is -1.21. The lowest BCUT2D eigenvalue weighted by molar-refractivity contribution is 0.647. The Morgan fingerprint density at radius 3 is 2.11 bits per heavy atom. The molecule has 0 aliphatic heterocycles. The smallest absolute Gasteiger partial charge is 0.0231 e. The van der Waals surface area contributed by atoms with Crippen molar-refractivity contribution < 1.29 is 0 Å². The molecule has 0 heterocycles. The maximum atomic E-state index is 2.26. The van der Waals surface area contributed by atoms with Gasteiger partial charge in [-0.2, -0.15) is 0 Å². The fourth-order valence-electron chi connectivity index (χ4n) is 1.93. The molecule has 2 aromatic rings. The lowest BCUT2D eigenvalue weighted by Gasteiger charge is -2.06. The van der Waals surface area contributed by atoms with Gasteiger partial charge in [0, 0.05) is 10.6 Å². The van der Waals surface area contributed by atoms with E-state index in [1.807, 2.05) is 11.8 Å². The summed E-state index contributed by atoms with van der Waals surface area (Å²) >= 11 is 1.90. The Kier molecular flexibility index (Phi) is 4.89. The molecule has 18 heavy (non-hydrogen) atoms. The predicted molar refractivity (Wildman–Crippen MR) is 81.0 cm³/mol. The van der Waals surface area contributed by atoms with Crippen molar-refractivity contribution in [2.24, 2.45) is 5.92 Å². The maximum absolute atomic E-state index is 2.26. The zero-order chi connectivity index (χ0) is 12.8. The monoisotopic (exact) mass is 256 g/mol. The van der Waals surface area contributed by atoms with Crippen LogP contribution < -0.4 is 0 Å². The molecule has 0 radical (unpaired) electrons. The first-order valence-electron chi connectivity index (χ1n) is 6.49. The first-order valence-corrected chi connectivity index (χ1v) is 7.48. The average molecular weight is 256 g/mol. The summed E-state index contributed by atoms with van der Waals surface area (Å²) in [6.45, 7) is 4.52. The van der Waals surface area contributed by atoms with Crippen molar-refractivity contribution in [3.8, 4) is 0 Å². The molecule has 1 heteroatoms. The van der Waals surface area contributed by atoms with Crippen LogP contribution in [0.5, 0.6) is 0 Å². The van der Waals surface area contributed by atoms with Gasteiger partial charge in [-0.25, -0.2) is 0 Å². The molecule has 0 N–H and O–H groups in total. The lowest BCUT2D eigenvalue weighted by atomic mass is 10.0.